The van der Waals surface area contributed by atoms with Crippen molar-refractivity contribution in [3.8, 4) is 5.75 Å². The quantitative estimate of drug-likeness (QED) is 0.800. The van der Waals surface area contributed by atoms with Gasteiger partial charge in [0, 0.05) is 11.8 Å². The summed E-state index contributed by atoms with van der Waals surface area (Å²) in [6, 6.07) is 13.7. The van der Waals surface area contributed by atoms with Crippen LogP contribution in [0.15, 0.2) is 48.7 Å². The van der Waals surface area contributed by atoms with E-state index in [0.717, 1.165) is 22.4 Å². The van der Waals surface area contributed by atoms with E-state index in [-0.39, 0.29) is 12.1 Å². The second-order valence-electron chi connectivity index (χ2n) is 6.06. The van der Waals surface area contributed by atoms with Crippen molar-refractivity contribution in [2.45, 2.75) is 33.7 Å². The fourth-order valence-electron chi connectivity index (χ4n) is 2.60. The zero-order valence-corrected chi connectivity index (χ0v) is 15.3. The van der Waals surface area contributed by atoms with Crippen LogP contribution in [0.3, 0.4) is 0 Å². The lowest BCUT2D eigenvalue weighted by Gasteiger charge is -2.18. The summed E-state index contributed by atoms with van der Waals surface area (Å²) in [5, 5.41) is 5.68. The summed E-state index contributed by atoms with van der Waals surface area (Å²) in [6.07, 6.45) is 3.52. The molecule has 132 valence electrons. The number of carbonyl (C=O) groups excluding carboxylic acids is 1. The van der Waals surface area contributed by atoms with Crippen LogP contribution in [-0.4, -0.2) is 12.6 Å². The number of aryl methyl sites for hydroxylation is 2. The molecular formula is C21H26N2O2. The standard InChI is InChI=1S/C21H26N2O2/c1-5-25-20-10-9-16(3)14-19(20)17(4)23-21(24)22-12-11-18-8-6-7-15(2)13-18/h6-14,17H,5H2,1-4H3,(H2,22,23,24)/b12-11+. The molecule has 25 heavy (non-hydrogen) atoms. The SMILES string of the molecule is CCOc1ccc(C)cc1C(C)NC(=O)N/C=C/c1cccc(C)c1. The molecular weight excluding hydrogens is 312 g/mol. The van der Waals surface area contributed by atoms with Crippen LogP contribution in [0.25, 0.3) is 6.08 Å². The highest BCUT2D eigenvalue weighted by molar-refractivity contribution is 5.76. The van der Waals surface area contributed by atoms with E-state index < -0.39 is 0 Å². The van der Waals surface area contributed by atoms with E-state index in [9.17, 15) is 4.79 Å². The molecule has 2 N–H and O–H groups in total. The molecule has 0 spiro atoms. The number of ether oxygens (including phenoxy) is 1. The highest BCUT2D eigenvalue weighted by Gasteiger charge is 2.14. The van der Waals surface area contributed by atoms with Crippen molar-refractivity contribution in [3.05, 3.63) is 70.9 Å². The van der Waals surface area contributed by atoms with Gasteiger partial charge in [0.25, 0.3) is 0 Å². The topological polar surface area (TPSA) is 50.4 Å². The van der Waals surface area contributed by atoms with Gasteiger partial charge in [0.15, 0.2) is 0 Å². The molecule has 2 amide bonds. The first kappa shape index (κ1) is 18.6. The van der Waals surface area contributed by atoms with Gasteiger partial charge >= 0.3 is 6.03 Å². The Balaban J connectivity index is 1.97. The number of rotatable bonds is 6. The fraction of sp³-hybridized carbons (Fsp3) is 0.286. The van der Waals surface area contributed by atoms with E-state index in [4.69, 9.17) is 4.74 Å². The Labute approximate surface area is 149 Å². The Morgan fingerprint density at radius 1 is 1.16 bits per heavy atom. The minimum Gasteiger partial charge on any atom is -0.494 e. The normalized spacial score (nSPS) is 12.0. The molecule has 2 aromatic rings. The van der Waals surface area contributed by atoms with Crippen molar-refractivity contribution in [2.75, 3.05) is 6.61 Å². The third-order valence-electron chi connectivity index (χ3n) is 3.81. The van der Waals surface area contributed by atoms with Gasteiger partial charge < -0.3 is 15.4 Å². The summed E-state index contributed by atoms with van der Waals surface area (Å²) in [6.45, 7) is 8.55. The molecule has 1 unspecified atom stereocenters. The van der Waals surface area contributed by atoms with Gasteiger partial charge in [-0.1, -0.05) is 47.5 Å². The van der Waals surface area contributed by atoms with Gasteiger partial charge in [-0.25, -0.2) is 4.79 Å². The molecule has 0 bridgehead atoms. The van der Waals surface area contributed by atoms with Gasteiger partial charge in [-0.15, -0.1) is 0 Å². The lowest BCUT2D eigenvalue weighted by atomic mass is 10.0. The van der Waals surface area contributed by atoms with Crippen LogP contribution in [0.2, 0.25) is 0 Å². The largest absolute Gasteiger partial charge is 0.494 e. The molecule has 2 rings (SSSR count). The van der Waals surface area contributed by atoms with Gasteiger partial charge in [-0.05, 0) is 45.4 Å². The molecule has 0 aromatic heterocycles. The van der Waals surface area contributed by atoms with E-state index in [2.05, 4.69) is 16.7 Å². The zero-order valence-electron chi connectivity index (χ0n) is 15.3. The first-order chi connectivity index (χ1) is 12.0. The number of urea groups is 1. The maximum atomic E-state index is 12.1. The van der Waals surface area contributed by atoms with Crippen molar-refractivity contribution in [2.24, 2.45) is 0 Å². The molecule has 0 fully saturated rings. The van der Waals surface area contributed by atoms with E-state index >= 15 is 0 Å². The number of nitrogens with one attached hydrogen (secondary N) is 2. The number of hydrogen-bond acceptors (Lipinski definition) is 2. The minimum atomic E-state index is -0.250. The Morgan fingerprint density at radius 3 is 2.64 bits per heavy atom. The lowest BCUT2D eigenvalue weighted by molar-refractivity contribution is 0.241. The third kappa shape index (κ3) is 5.68. The first-order valence-corrected chi connectivity index (χ1v) is 8.53. The average molecular weight is 338 g/mol. The second-order valence-corrected chi connectivity index (χ2v) is 6.06. The maximum absolute atomic E-state index is 12.1. The van der Waals surface area contributed by atoms with Gasteiger partial charge in [0.1, 0.15) is 5.75 Å². The van der Waals surface area contributed by atoms with Crippen molar-refractivity contribution in [1.82, 2.24) is 10.6 Å². The summed E-state index contributed by atoms with van der Waals surface area (Å²) < 4.78 is 5.66. The molecule has 0 saturated carbocycles. The summed E-state index contributed by atoms with van der Waals surface area (Å²) in [5.41, 5.74) is 4.33. The summed E-state index contributed by atoms with van der Waals surface area (Å²) in [7, 11) is 0. The zero-order chi connectivity index (χ0) is 18.2. The van der Waals surface area contributed by atoms with Crippen LogP contribution in [0.1, 0.15) is 42.1 Å². The molecule has 0 radical (unpaired) electrons. The molecule has 0 heterocycles. The molecule has 0 aliphatic heterocycles. The summed E-state index contributed by atoms with van der Waals surface area (Å²) in [4.78, 5) is 12.1. The average Bonchev–Trinajstić information content (AvgIpc) is 2.56. The van der Waals surface area contributed by atoms with Crippen LogP contribution in [0.5, 0.6) is 5.75 Å². The molecule has 0 aliphatic rings. The predicted molar refractivity (Wildman–Crippen MR) is 103 cm³/mol. The van der Waals surface area contributed by atoms with Gasteiger partial charge in [0.05, 0.1) is 12.6 Å². The lowest BCUT2D eigenvalue weighted by Crippen LogP contribution is -2.34. The predicted octanol–water partition coefficient (Wildman–Crippen LogP) is 4.73. The van der Waals surface area contributed by atoms with Crippen molar-refractivity contribution in [1.29, 1.82) is 0 Å². The summed E-state index contributed by atoms with van der Waals surface area (Å²) >= 11 is 0. The Morgan fingerprint density at radius 2 is 1.92 bits per heavy atom. The highest BCUT2D eigenvalue weighted by atomic mass is 16.5. The van der Waals surface area contributed by atoms with E-state index in [1.165, 1.54) is 5.56 Å². The summed E-state index contributed by atoms with van der Waals surface area (Å²) in [5.74, 6) is 0.802. The minimum absolute atomic E-state index is 0.159. The van der Waals surface area contributed by atoms with Crippen LogP contribution in [-0.2, 0) is 0 Å². The number of carbonyl (C=O) groups is 1. The van der Waals surface area contributed by atoms with Crippen LogP contribution in [0, 0.1) is 13.8 Å². The van der Waals surface area contributed by atoms with Gasteiger partial charge in [-0.2, -0.15) is 0 Å². The molecule has 2 aromatic carbocycles. The van der Waals surface area contributed by atoms with E-state index in [1.54, 1.807) is 6.20 Å². The molecule has 0 saturated heterocycles. The smallest absolute Gasteiger partial charge is 0.319 e. The van der Waals surface area contributed by atoms with Crippen LogP contribution >= 0.6 is 0 Å². The molecule has 4 nitrogen and oxygen atoms in total. The van der Waals surface area contributed by atoms with Crippen molar-refractivity contribution < 1.29 is 9.53 Å². The Bertz CT molecular complexity index is 753. The van der Waals surface area contributed by atoms with Gasteiger partial charge in [0.2, 0.25) is 0 Å². The Hall–Kier alpha value is -2.75. The van der Waals surface area contributed by atoms with Gasteiger partial charge in [-0.3, -0.25) is 0 Å². The molecule has 0 aliphatic carbocycles. The van der Waals surface area contributed by atoms with Crippen molar-refractivity contribution >= 4 is 12.1 Å². The van der Waals surface area contributed by atoms with Crippen LogP contribution < -0.4 is 15.4 Å². The van der Waals surface area contributed by atoms with E-state index in [1.807, 2.05) is 70.2 Å². The fourth-order valence-corrected chi connectivity index (χ4v) is 2.60. The molecule has 1 atom stereocenters. The van der Waals surface area contributed by atoms with Crippen molar-refractivity contribution in [3.63, 3.8) is 0 Å². The number of benzene rings is 2. The highest BCUT2D eigenvalue weighted by Crippen LogP contribution is 2.26. The Kier molecular flexibility index (Phi) is 6.63. The second kappa shape index (κ2) is 8.92. The molecule has 4 heteroatoms. The van der Waals surface area contributed by atoms with Crippen LogP contribution in [0.4, 0.5) is 4.79 Å². The number of amides is 2. The third-order valence-corrected chi connectivity index (χ3v) is 3.81. The van der Waals surface area contributed by atoms with E-state index in [0.29, 0.717) is 6.61 Å². The monoisotopic (exact) mass is 338 g/mol. The first-order valence-electron chi connectivity index (χ1n) is 8.53. The number of hydrogen-bond donors (Lipinski definition) is 2. The maximum Gasteiger partial charge on any atom is 0.319 e.